The van der Waals surface area contributed by atoms with Crippen LogP contribution in [-0.4, -0.2) is 18.2 Å². The molecule has 0 amide bonds. The van der Waals surface area contributed by atoms with Crippen molar-refractivity contribution in [1.29, 1.82) is 0 Å². The molecule has 1 aromatic rings. The van der Waals surface area contributed by atoms with Gasteiger partial charge in [-0.1, -0.05) is 45.4 Å². The molecule has 1 aromatic carbocycles. The normalized spacial score (nSPS) is 12.4. The predicted molar refractivity (Wildman–Crippen MR) is 84.0 cm³/mol. The lowest BCUT2D eigenvalue weighted by molar-refractivity contribution is 0.475. The maximum Gasteiger partial charge on any atom is 0.115 e. The SMILES string of the molecule is CCCCCCCCC(C)N(C)c1ccc(O)cc1. The van der Waals surface area contributed by atoms with Gasteiger partial charge in [0.05, 0.1) is 0 Å². The number of unbranched alkanes of at least 4 members (excludes halogenated alkanes) is 5. The fourth-order valence-corrected chi connectivity index (χ4v) is 2.36. The zero-order valence-corrected chi connectivity index (χ0v) is 12.7. The summed E-state index contributed by atoms with van der Waals surface area (Å²) in [6, 6.07) is 8.02. The van der Waals surface area contributed by atoms with Gasteiger partial charge < -0.3 is 10.0 Å². The first-order chi connectivity index (χ1) is 9.15. The molecule has 0 bridgehead atoms. The lowest BCUT2D eigenvalue weighted by Gasteiger charge is -2.27. The third kappa shape index (κ3) is 6.00. The second-order valence-electron chi connectivity index (χ2n) is 5.53. The quantitative estimate of drug-likeness (QED) is 0.636. The average Bonchev–Trinajstić information content (AvgIpc) is 2.42. The number of aromatic hydroxyl groups is 1. The first-order valence-electron chi connectivity index (χ1n) is 7.67. The van der Waals surface area contributed by atoms with E-state index in [1.54, 1.807) is 12.1 Å². The molecule has 1 atom stereocenters. The number of anilines is 1. The van der Waals surface area contributed by atoms with Gasteiger partial charge in [-0.3, -0.25) is 0 Å². The van der Waals surface area contributed by atoms with Gasteiger partial charge in [-0.05, 0) is 37.6 Å². The van der Waals surface area contributed by atoms with Crippen LogP contribution in [0, 0.1) is 0 Å². The zero-order chi connectivity index (χ0) is 14.1. The number of hydrogen-bond acceptors (Lipinski definition) is 2. The molecule has 1 N–H and O–H groups in total. The molecule has 1 rings (SSSR count). The minimum absolute atomic E-state index is 0.334. The molecular weight excluding hydrogens is 234 g/mol. The van der Waals surface area contributed by atoms with Gasteiger partial charge in [-0.15, -0.1) is 0 Å². The fourth-order valence-electron chi connectivity index (χ4n) is 2.36. The van der Waals surface area contributed by atoms with Crippen molar-refractivity contribution in [2.75, 3.05) is 11.9 Å². The second-order valence-corrected chi connectivity index (χ2v) is 5.53. The van der Waals surface area contributed by atoms with Crippen LogP contribution in [-0.2, 0) is 0 Å². The van der Waals surface area contributed by atoms with Gasteiger partial charge in [-0.25, -0.2) is 0 Å². The number of phenols is 1. The summed E-state index contributed by atoms with van der Waals surface area (Å²) in [6.07, 6.45) is 9.37. The molecule has 0 aliphatic carbocycles. The van der Waals surface area contributed by atoms with Crippen molar-refractivity contribution in [2.45, 2.75) is 64.8 Å². The van der Waals surface area contributed by atoms with Crippen LogP contribution >= 0.6 is 0 Å². The van der Waals surface area contributed by atoms with Crippen LogP contribution in [0.3, 0.4) is 0 Å². The summed E-state index contributed by atoms with van der Waals surface area (Å²) in [7, 11) is 2.13. The standard InChI is InChI=1S/C17H29NO/c1-4-5-6-7-8-9-10-15(2)18(3)16-11-13-17(19)14-12-16/h11-15,19H,4-10H2,1-3H3. The van der Waals surface area contributed by atoms with E-state index in [9.17, 15) is 5.11 Å². The van der Waals surface area contributed by atoms with Crippen LogP contribution in [0.15, 0.2) is 24.3 Å². The summed E-state index contributed by atoms with van der Waals surface area (Å²) in [6.45, 7) is 4.54. The highest BCUT2D eigenvalue weighted by Crippen LogP contribution is 2.21. The molecular formula is C17H29NO. The van der Waals surface area contributed by atoms with Gasteiger partial charge in [0.15, 0.2) is 0 Å². The first kappa shape index (κ1) is 15.9. The molecule has 1 unspecified atom stereocenters. The molecule has 0 fully saturated rings. The van der Waals surface area contributed by atoms with Crippen molar-refractivity contribution in [1.82, 2.24) is 0 Å². The van der Waals surface area contributed by atoms with E-state index in [1.807, 2.05) is 12.1 Å². The Morgan fingerprint density at radius 3 is 2.21 bits per heavy atom. The molecule has 0 aliphatic rings. The lowest BCUT2D eigenvalue weighted by atomic mass is 10.1. The Morgan fingerprint density at radius 2 is 1.58 bits per heavy atom. The third-order valence-electron chi connectivity index (χ3n) is 3.89. The number of phenolic OH excluding ortho intramolecular Hbond substituents is 1. The minimum Gasteiger partial charge on any atom is -0.508 e. The maximum absolute atomic E-state index is 9.30. The van der Waals surface area contributed by atoms with Crippen LogP contribution in [0.2, 0.25) is 0 Å². The Kier molecular flexibility index (Phi) is 7.39. The number of rotatable bonds is 9. The highest BCUT2D eigenvalue weighted by molar-refractivity contribution is 5.48. The summed E-state index contributed by atoms with van der Waals surface area (Å²) in [5.74, 6) is 0.334. The lowest BCUT2D eigenvalue weighted by Crippen LogP contribution is -2.28. The summed E-state index contributed by atoms with van der Waals surface area (Å²) >= 11 is 0. The Balaban J connectivity index is 2.25. The number of nitrogens with zero attached hydrogens (tertiary/aromatic N) is 1. The van der Waals surface area contributed by atoms with Crippen LogP contribution < -0.4 is 4.90 Å². The first-order valence-corrected chi connectivity index (χ1v) is 7.67. The van der Waals surface area contributed by atoms with E-state index in [2.05, 4.69) is 25.8 Å². The Bertz CT molecular complexity index is 334. The van der Waals surface area contributed by atoms with Crippen molar-refractivity contribution < 1.29 is 5.11 Å². The van der Waals surface area contributed by atoms with E-state index < -0.39 is 0 Å². The zero-order valence-electron chi connectivity index (χ0n) is 12.7. The summed E-state index contributed by atoms with van der Waals surface area (Å²) in [5.41, 5.74) is 1.18. The fraction of sp³-hybridized carbons (Fsp3) is 0.647. The Morgan fingerprint density at radius 1 is 1.00 bits per heavy atom. The molecule has 0 aromatic heterocycles. The molecule has 0 aliphatic heterocycles. The van der Waals surface area contributed by atoms with Crippen molar-refractivity contribution >= 4 is 5.69 Å². The van der Waals surface area contributed by atoms with E-state index in [0.29, 0.717) is 11.8 Å². The predicted octanol–water partition coefficient (Wildman–Crippen LogP) is 4.97. The van der Waals surface area contributed by atoms with Crippen molar-refractivity contribution in [3.63, 3.8) is 0 Å². The largest absolute Gasteiger partial charge is 0.508 e. The molecule has 2 nitrogen and oxygen atoms in total. The molecule has 2 heteroatoms. The van der Waals surface area contributed by atoms with Gasteiger partial charge in [0, 0.05) is 18.8 Å². The van der Waals surface area contributed by atoms with Gasteiger partial charge in [0.25, 0.3) is 0 Å². The third-order valence-corrected chi connectivity index (χ3v) is 3.89. The smallest absolute Gasteiger partial charge is 0.115 e. The van der Waals surface area contributed by atoms with Crippen molar-refractivity contribution in [3.05, 3.63) is 24.3 Å². The minimum atomic E-state index is 0.334. The van der Waals surface area contributed by atoms with E-state index in [-0.39, 0.29) is 0 Å². The molecule has 0 saturated carbocycles. The van der Waals surface area contributed by atoms with Gasteiger partial charge in [0.2, 0.25) is 0 Å². The molecule has 0 heterocycles. The topological polar surface area (TPSA) is 23.5 Å². The van der Waals surface area contributed by atoms with Crippen molar-refractivity contribution in [2.24, 2.45) is 0 Å². The Hall–Kier alpha value is -1.18. The monoisotopic (exact) mass is 263 g/mol. The molecule has 0 radical (unpaired) electrons. The van der Waals surface area contributed by atoms with Crippen LogP contribution in [0.5, 0.6) is 5.75 Å². The number of hydrogen-bond donors (Lipinski definition) is 1. The van der Waals surface area contributed by atoms with Crippen LogP contribution in [0.4, 0.5) is 5.69 Å². The van der Waals surface area contributed by atoms with Gasteiger partial charge in [0.1, 0.15) is 5.75 Å². The van der Waals surface area contributed by atoms with Gasteiger partial charge in [-0.2, -0.15) is 0 Å². The van der Waals surface area contributed by atoms with E-state index >= 15 is 0 Å². The highest BCUT2D eigenvalue weighted by atomic mass is 16.3. The molecule has 108 valence electrons. The van der Waals surface area contributed by atoms with E-state index in [4.69, 9.17) is 0 Å². The second kappa shape index (κ2) is 8.84. The summed E-state index contributed by atoms with van der Waals surface area (Å²) in [4.78, 5) is 2.30. The molecule has 0 spiro atoms. The molecule has 0 saturated heterocycles. The Labute approximate surface area is 118 Å². The van der Waals surface area contributed by atoms with Crippen LogP contribution in [0.25, 0.3) is 0 Å². The van der Waals surface area contributed by atoms with Gasteiger partial charge >= 0.3 is 0 Å². The van der Waals surface area contributed by atoms with Crippen molar-refractivity contribution in [3.8, 4) is 5.75 Å². The summed E-state index contributed by atoms with van der Waals surface area (Å²) in [5, 5.41) is 9.30. The highest BCUT2D eigenvalue weighted by Gasteiger charge is 2.09. The maximum atomic E-state index is 9.30. The average molecular weight is 263 g/mol. The molecule has 19 heavy (non-hydrogen) atoms. The van der Waals surface area contributed by atoms with E-state index in [0.717, 1.165) is 0 Å². The number of benzene rings is 1. The van der Waals surface area contributed by atoms with Crippen LogP contribution in [0.1, 0.15) is 58.8 Å². The van der Waals surface area contributed by atoms with E-state index in [1.165, 1.54) is 50.6 Å². The summed E-state index contributed by atoms with van der Waals surface area (Å²) < 4.78 is 0.